The molecule has 0 saturated carbocycles. The number of amides is 1. The fourth-order valence-electron chi connectivity index (χ4n) is 5.49. The minimum Gasteiger partial charge on any atom is -0.381 e. The third-order valence-electron chi connectivity index (χ3n) is 7.65. The summed E-state index contributed by atoms with van der Waals surface area (Å²) in [7, 11) is 0. The second kappa shape index (κ2) is 10.7. The summed E-state index contributed by atoms with van der Waals surface area (Å²) >= 11 is 0. The van der Waals surface area contributed by atoms with Gasteiger partial charge in [-0.2, -0.15) is 0 Å². The van der Waals surface area contributed by atoms with Gasteiger partial charge in [-0.25, -0.2) is 14.5 Å². The van der Waals surface area contributed by atoms with Crippen molar-refractivity contribution in [2.45, 2.75) is 19.9 Å². The highest BCUT2D eigenvalue weighted by Gasteiger charge is 2.25. The van der Waals surface area contributed by atoms with E-state index in [4.69, 9.17) is 10.7 Å². The van der Waals surface area contributed by atoms with E-state index in [1.165, 1.54) is 9.08 Å². The number of hydrogen-bond acceptors (Lipinski definition) is 6. The molecular formula is C34H27N8O2+. The molecule has 4 heterocycles. The van der Waals surface area contributed by atoms with E-state index < -0.39 is 11.9 Å². The molecule has 0 bridgehead atoms. The van der Waals surface area contributed by atoms with Crippen LogP contribution in [0.4, 0.5) is 11.5 Å². The summed E-state index contributed by atoms with van der Waals surface area (Å²) in [5, 5.41) is 9.68. The van der Waals surface area contributed by atoms with Crippen LogP contribution in [0, 0.1) is 18.8 Å². The first-order chi connectivity index (χ1) is 21.4. The molecule has 10 heteroatoms. The number of quaternary nitrogens is 1. The number of nitrogen functional groups attached to an aromatic ring is 1. The lowest BCUT2D eigenvalue weighted by molar-refractivity contribution is -0.491. The zero-order chi connectivity index (χ0) is 30.4. The Balaban J connectivity index is 1.33. The number of allylic oxidation sites excluding steroid dienone is 1. The SMILES string of the molecule is Cc1ccnc2c(C(=O)N[C@H](C)c3nc4cccc(C#CC5=C[NH2+]c6ccccc65)c4c(=O)n3-c3ccccc3)c(N)nn12. The van der Waals surface area contributed by atoms with Gasteiger partial charge in [-0.3, -0.25) is 19.5 Å². The van der Waals surface area contributed by atoms with Gasteiger partial charge in [0.25, 0.3) is 11.5 Å². The van der Waals surface area contributed by atoms with Crippen molar-refractivity contribution in [1.29, 1.82) is 0 Å². The summed E-state index contributed by atoms with van der Waals surface area (Å²) in [4.78, 5) is 37.1. The normalized spacial score (nSPS) is 12.8. The first kappa shape index (κ1) is 26.8. The minimum atomic E-state index is -0.690. The van der Waals surface area contributed by atoms with Crippen molar-refractivity contribution in [3.05, 3.63) is 130 Å². The fraction of sp³-hybridized carbons (Fsp3) is 0.0882. The molecule has 0 radical (unpaired) electrons. The van der Waals surface area contributed by atoms with Crippen molar-refractivity contribution in [2.75, 3.05) is 5.73 Å². The van der Waals surface area contributed by atoms with Gasteiger partial charge in [-0.1, -0.05) is 48.2 Å². The van der Waals surface area contributed by atoms with Crippen LogP contribution in [0.2, 0.25) is 0 Å². The number of nitrogens with zero attached hydrogens (tertiary/aromatic N) is 5. The van der Waals surface area contributed by atoms with Crippen molar-refractivity contribution in [2.24, 2.45) is 0 Å². The molecule has 214 valence electrons. The quantitative estimate of drug-likeness (QED) is 0.216. The van der Waals surface area contributed by atoms with E-state index in [1.54, 1.807) is 25.3 Å². The molecular weight excluding hydrogens is 552 g/mol. The predicted molar refractivity (Wildman–Crippen MR) is 168 cm³/mol. The molecule has 1 atom stereocenters. The van der Waals surface area contributed by atoms with Gasteiger partial charge in [0.2, 0.25) is 0 Å². The summed E-state index contributed by atoms with van der Waals surface area (Å²) < 4.78 is 3.06. The van der Waals surface area contributed by atoms with Crippen molar-refractivity contribution in [1.82, 2.24) is 29.5 Å². The number of nitrogens with two attached hydrogens (primary N) is 2. The topological polar surface area (TPSA) is 137 Å². The molecule has 0 saturated heterocycles. The molecule has 6 aromatic rings. The summed E-state index contributed by atoms with van der Waals surface area (Å²) in [5.41, 5.74) is 11.9. The van der Waals surface area contributed by atoms with Crippen molar-refractivity contribution in [3.8, 4) is 17.5 Å². The molecule has 0 fully saturated rings. The number of rotatable bonds is 4. The smallest absolute Gasteiger partial charge is 0.267 e. The van der Waals surface area contributed by atoms with Crippen molar-refractivity contribution in [3.63, 3.8) is 0 Å². The second-order valence-corrected chi connectivity index (χ2v) is 10.5. The lowest BCUT2D eigenvalue weighted by Crippen LogP contribution is -2.69. The standard InChI is InChI=1S/C34H26N8O2/c1-20-17-18-36-32-29(30(35)40-42(20)32)33(43)38-21(2)31-39-27-14-8-9-22(15-16-23-19-37-26-13-7-6-12-25(23)26)28(27)34(44)41(31)24-10-4-3-5-11-24/h3-14,17-19,21,37H,1-2H3,(H2,35,40)(H,38,43)/p+1/t21-/m1/s1. The van der Waals surface area contributed by atoms with Crippen LogP contribution >= 0.6 is 0 Å². The lowest BCUT2D eigenvalue weighted by atomic mass is 10.1. The van der Waals surface area contributed by atoms with Crippen molar-refractivity contribution >= 4 is 39.5 Å². The van der Waals surface area contributed by atoms with Crippen LogP contribution in [0.1, 0.15) is 46.0 Å². The molecule has 10 nitrogen and oxygen atoms in total. The average molecular weight is 580 g/mol. The van der Waals surface area contributed by atoms with E-state index in [-0.39, 0.29) is 16.9 Å². The van der Waals surface area contributed by atoms with Gasteiger partial charge in [0, 0.05) is 23.5 Å². The molecule has 0 spiro atoms. The van der Waals surface area contributed by atoms with Crippen LogP contribution in [0.5, 0.6) is 0 Å². The number of benzene rings is 3. The Morgan fingerprint density at radius 3 is 2.64 bits per heavy atom. The highest BCUT2D eigenvalue weighted by Crippen LogP contribution is 2.25. The minimum absolute atomic E-state index is 0.0595. The van der Waals surface area contributed by atoms with Gasteiger partial charge in [-0.15, -0.1) is 5.10 Å². The zero-order valence-electron chi connectivity index (χ0n) is 23.9. The van der Waals surface area contributed by atoms with Crippen LogP contribution in [0.15, 0.2) is 96.1 Å². The summed E-state index contributed by atoms with van der Waals surface area (Å²) in [6.45, 7) is 3.62. The summed E-state index contributed by atoms with van der Waals surface area (Å²) in [5.74, 6) is 6.42. The number of para-hydroxylation sites is 2. The van der Waals surface area contributed by atoms with Crippen LogP contribution in [-0.2, 0) is 0 Å². The molecule has 7 rings (SSSR count). The number of nitrogens with one attached hydrogen (secondary N) is 1. The Morgan fingerprint density at radius 1 is 1.00 bits per heavy atom. The lowest BCUT2D eigenvalue weighted by Gasteiger charge is -2.20. The van der Waals surface area contributed by atoms with Gasteiger partial charge >= 0.3 is 0 Å². The van der Waals surface area contributed by atoms with Gasteiger partial charge < -0.3 is 11.1 Å². The monoisotopic (exact) mass is 579 g/mol. The van der Waals surface area contributed by atoms with Crippen LogP contribution < -0.4 is 21.9 Å². The summed E-state index contributed by atoms with van der Waals surface area (Å²) in [6.07, 6.45) is 3.59. The number of aryl methyl sites for hydroxylation is 1. The first-order valence-electron chi connectivity index (χ1n) is 14.1. The number of aromatic nitrogens is 5. The Bertz CT molecular complexity index is 2270. The highest BCUT2D eigenvalue weighted by molar-refractivity contribution is 6.04. The first-order valence-corrected chi connectivity index (χ1v) is 14.1. The maximum absolute atomic E-state index is 14.3. The van der Waals surface area contributed by atoms with E-state index in [2.05, 4.69) is 27.2 Å². The van der Waals surface area contributed by atoms with Crippen LogP contribution in [0.25, 0.3) is 27.8 Å². The van der Waals surface area contributed by atoms with Crippen LogP contribution in [0.3, 0.4) is 0 Å². The predicted octanol–water partition coefficient (Wildman–Crippen LogP) is 3.41. The van der Waals surface area contributed by atoms with E-state index in [1.807, 2.05) is 85.2 Å². The van der Waals surface area contributed by atoms with E-state index >= 15 is 0 Å². The Hall–Kier alpha value is -6.05. The maximum Gasteiger partial charge on any atom is 0.267 e. The largest absolute Gasteiger partial charge is 0.381 e. The Morgan fingerprint density at radius 2 is 1.80 bits per heavy atom. The molecule has 1 amide bonds. The zero-order valence-corrected chi connectivity index (χ0v) is 23.9. The van der Waals surface area contributed by atoms with E-state index in [0.717, 1.165) is 22.5 Å². The second-order valence-electron chi connectivity index (χ2n) is 10.5. The highest BCUT2D eigenvalue weighted by atomic mass is 16.2. The third kappa shape index (κ3) is 4.48. The van der Waals surface area contributed by atoms with Gasteiger partial charge in [0.15, 0.2) is 11.5 Å². The molecule has 1 aliphatic rings. The molecule has 0 aliphatic carbocycles. The number of anilines is 1. The van der Waals surface area contributed by atoms with Crippen molar-refractivity contribution < 1.29 is 10.1 Å². The molecule has 5 N–H and O–H groups in total. The van der Waals surface area contributed by atoms with E-state index in [9.17, 15) is 9.59 Å². The fourth-order valence-corrected chi connectivity index (χ4v) is 5.49. The van der Waals surface area contributed by atoms with Gasteiger partial charge in [-0.05, 0) is 50.2 Å². The number of carbonyl (C=O) groups excluding carboxylic acids is 1. The Kier molecular flexibility index (Phi) is 6.50. The van der Waals surface area contributed by atoms with Crippen LogP contribution in [-0.4, -0.2) is 30.1 Å². The van der Waals surface area contributed by atoms with E-state index in [0.29, 0.717) is 33.6 Å². The third-order valence-corrected chi connectivity index (χ3v) is 7.65. The number of carbonyl (C=O) groups is 1. The average Bonchev–Trinajstić information content (AvgIpc) is 3.61. The molecule has 3 aromatic heterocycles. The summed E-state index contributed by atoms with van der Waals surface area (Å²) in [6, 6.07) is 23.8. The van der Waals surface area contributed by atoms with Gasteiger partial charge in [0.1, 0.15) is 23.3 Å². The maximum atomic E-state index is 14.3. The molecule has 3 aromatic carbocycles. The molecule has 0 unspecified atom stereocenters. The molecule has 44 heavy (non-hydrogen) atoms. The molecule has 1 aliphatic heterocycles. The number of hydrogen-bond donors (Lipinski definition) is 3. The van der Waals surface area contributed by atoms with Gasteiger partial charge in [0.05, 0.1) is 33.8 Å². The Labute approximate surface area is 251 Å². The number of fused-ring (bicyclic) bond motifs is 3.